The number of nitrogens with zero attached hydrogens (tertiary/aromatic N) is 1. The second kappa shape index (κ2) is 10.7. The number of hydrogen-bond acceptors (Lipinski definition) is 6. The van der Waals surface area contributed by atoms with Gasteiger partial charge in [0.25, 0.3) is 0 Å². The first-order valence-corrected chi connectivity index (χ1v) is 10.4. The zero-order chi connectivity index (χ0) is 22.2. The van der Waals surface area contributed by atoms with Gasteiger partial charge in [-0.1, -0.05) is 0 Å². The van der Waals surface area contributed by atoms with Crippen LogP contribution in [0.1, 0.15) is 80.6 Å². The van der Waals surface area contributed by atoms with Gasteiger partial charge in [-0.2, -0.15) is 0 Å². The van der Waals surface area contributed by atoms with Crippen molar-refractivity contribution in [2.24, 2.45) is 0 Å². The Kier molecular flexibility index (Phi) is 9.23. The van der Waals surface area contributed by atoms with Crippen LogP contribution in [0.25, 0.3) is 0 Å². The molecule has 0 aliphatic heterocycles. The van der Waals surface area contributed by atoms with Crippen molar-refractivity contribution in [2.45, 2.75) is 104 Å². The van der Waals surface area contributed by atoms with E-state index in [1.807, 2.05) is 20.8 Å². The molecule has 29 heavy (non-hydrogen) atoms. The fraction of sp³-hybridized carbons (Fsp3) is 0.857. The van der Waals surface area contributed by atoms with E-state index in [-0.39, 0.29) is 24.2 Å². The standard InChI is InChI=1S/C21H38N2O6/c1-15(24)27-17-11-8-10-16(14-17)23(19(26)29-21(5,6)7)13-9-12-22-18(25)28-20(2,3)4/h16-17H,8-14H2,1-7H3,(H,22,25). The van der Waals surface area contributed by atoms with Gasteiger partial charge in [-0.25, -0.2) is 9.59 Å². The number of carbonyl (C=O) groups excluding carboxylic acids is 3. The lowest BCUT2D eigenvalue weighted by Gasteiger charge is -2.38. The summed E-state index contributed by atoms with van der Waals surface area (Å²) in [7, 11) is 0. The smallest absolute Gasteiger partial charge is 0.410 e. The normalized spacial score (nSPS) is 19.8. The first kappa shape index (κ1) is 25.0. The third kappa shape index (κ3) is 10.9. The number of amides is 2. The van der Waals surface area contributed by atoms with Crippen LogP contribution in [0.3, 0.4) is 0 Å². The molecular weight excluding hydrogens is 376 g/mol. The summed E-state index contributed by atoms with van der Waals surface area (Å²) in [5.41, 5.74) is -1.16. The SMILES string of the molecule is CC(=O)OC1CCCC(N(CCCNC(=O)OC(C)(C)C)C(=O)OC(C)(C)C)C1. The summed E-state index contributed by atoms with van der Waals surface area (Å²) in [5.74, 6) is -0.305. The van der Waals surface area contributed by atoms with Crippen LogP contribution in [0.4, 0.5) is 9.59 Å². The van der Waals surface area contributed by atoms with Crippen LogP contribution in [0.2, 0.25) is 0 Å². The summed E-state index contributed by atoms with van der Waals surface area (Å²) >= 11 is 0. The fourth-order valence-corrected chi connectivity index (χ4v) is 3.24. The van der Waals surface area contributed by atoms with Crippen molar-refractivity contribution in [1.82, 2.24) is 10.2 Å². The Morgan fingerprint density at radius 2 is 1.62 bits per heavy atom. The van der Waals surface area contributed by atoms with E-state index in [2.05, 4.69) is 5.32 Å². The van der Waals surface area contributed by atoms with Crippen molar-refractivity contribution >= 4 is 18.2 Å². The third-order valence-electron chi connectivity index (χ3n) is 4.24. The summed E-state index contributed by atoms with van der Waals surface area (Å²) in [6.07, 6.45) is 2.62. The van der Waals surface area contributed by atoms with E-state index in [0.717, 1.165) is 19.3 Å². The molecule has 168 valence electrons. The summed E-state index contributed by atoms with van der Waals surface area (Å²) in [6, 6.07) is -0.0653. The van der Waals surface area contributed by atoms with Gasteiger partial charge in [-0.05, 0) is 67.2 Å². The minimum Gasteiger partial charge on any atom is -0.462 e. The number of rotatable bonds is 6. The summed E-state index contributed by atoms with van der Waals surface area (Å²) < 4.78 is 16.2. The zero-order valence-corrected chi connectivity index (χ0v) is 19.0. The quantitative estimate of drug-likeness (QED) is 0.401. The molecule has 8 heteroatoms. The maximum Gasteiger partial charge on any atom is 0.410 e. The molecule has 1 fully saturated rings. The molecule has 0 bridgehead atoms. The maximum atomic E-state index is 12.8. The van der Waals surface area contributed by atoms with E-state index in [1.165, 1.54) is 6.92 Å². The van der Waals surface area contributed by atoms with Crippen LogP contribution < -0.4 is 5.32 Å². The molecule has 0 spiro atoms. The van der Waals surface area contributed by atoms with E-state index in [0.29, 0.717) is 25.9 Å². The molecule has 2 atom stereocenters. The molecule has 0 aromatic carbocycles. The van der Waals surface area contributed by atoms with Gasteiger partial charge < -0.3 is 24.4 Å². The number of ether oxygens (including phenoxy) is 3. The molecule has 0 aromatic heterocycles. The fourth-order valence-electron chi connectivity index (χ4n) is 3.24. The topological polar surface area (TPSA) is 94.2 Å². The van der Waals surface area contributed by atoms with E-state index in [1.54, 1.807) is 25.7 Å². The minimum atomic E-state index is -0.603. The monoisotopic (exact) mass is 414 g/mol. The largest absolute Gasteiger partial charge is 0.462 e. The van der Waals surface area contributed by atoms with Gasteiger partial charge in [0.05, 0.1) is 0 Å². The van der Waals surface area contributed by atoms with Crippen molar-refractivity contribution in [1.29, 1.82) is 0 Å². The highest BCUT2D eigenvalue weighted by molar-refractivity contribution is 5.69. The number of hydrogen-bond donors (Lipinski definition) is 1. The Bertz CT molecular complexity index is 564. The molecule has 1 saturated carbocycles. The lowest BCUT2D eigenvalue weighted by atomic mass is 9.91. The average molecular weight is 415 g/mol. The highest BCUT2D eigenvalue weighted by Crippen LogP contribution is 2.27. The van der Waals surface area contributed by atoms with E-state index >= 15 is 0 Å². The molecule has 8 nitrogen and oxygen atoms in total. The number of alkyl carbamates (subject to hydrolysis) is 1. The maximum absolute atomic E-state index is 12.8. The molecule has 2 amide bonds. The number of nitrogens with one attached hydrogen (secondary N) is 1. The van der Waals surface area contributed by atoms with Crippen LogP contribution in [0, 0.1) is 0 Å². The van der Waals surface area contributed by atoms with Crippen LogP contribution in [0.5, 0.6) is 0 Å². The van der Waals surface area contributed by atoms with Crippen molar-refractivity contribution < 1.29 is 28.6 Å². The van der Waals surface area contributed by atoms with Gasteiger partial charge in [0.1, 0.15) is 17.3 Å². The van der Waals surface area contributed by atoms with Crippen molar-refractivity contribution in [3.8, 4) is 0 Å². The Labute approximate surface area is 174 Å². The first-order valence-electron chi connectivity index (χ1n) is 10.4. The molecule has 0 heterocycles. The van der Waals surface area contributed by atoms with Crippen LogP contribution in [0.15, 0.2) is 0 Å². The first-order chi connectivity index (χ1) is 13.3. The number of esters is 1. The van der Waals surface area contributed by atoms with Gasteiger partial charge >= 0.3 is 18.2 Å². The third-order valence-corrected chi connectivity index (χ3v) is 4.24. The number of carbonyl (C=O) groups is 3. The lowest BCUT2D eigenvalue weighted by molar-refractivity contribution is -0.148. The second-order valence-electron chi connectivity index (χ2n) is 9.51. The van der Waals surface area contributed by atoms with Crippen molar-refractivity contribution in [3.63, 3.8) is 0 Å². The van der Waals surface area contributed by atoms with E-state index in [9.17, 15) is 14.4 Å². The molecule has 1 N–H and O–H groups in total. The molecule has 1 aliphatic rings. The molecule has 1 aliphatic carbocycles. The Morgan fingerprint density at radius 1 is 1.00 bits per heavy atom. The predicted molar refractivity (Wildman–Crippen MR) is 110 cm³/mol. The zero-order valence-electron chi connectivity index (χ0n) is 19.0. The van der Waals surface area contributed by atoms with Gasteiger partial charge in [-0.15, -0.1) is 0 Å². The summed E-state index contributed by atoms with van der Waals surface area (Å²) in [5, 5.41) is 2.71. The average Bonchev–Trinajstić information content (AvgIpc) is 2.50. The Hall–Kier alpha value is -1.99. The van der Waals surface area contributed by atoms with Crippen molar-refractivity contribution in [2.75, 3.05) is 13.1 Å². The van der Waals surface area contributed by atoms with Crippen LogP contribution in [-0.2, 0) is 19.0 Å². The van der Waals surface area contributed by atoms with Gasteiger partial charge in [0, 0.05) is 32.5 Å². The summed E-state index contributed by atoms with van der Waals surface area (Å²) in [6.45, 7) is 13.1. The van der Waals surface area contributed by atoms with Crippen LogP contribution >= 0.6 is 0 Å². The van der Waals surface area contributed by atoms with E-state index in [4.69, 9.17) is 14.2 Å². The highest BCUT2D eigenvalue weighted by atomic mass is 16.6. The van der Waals surface area contributed by atoms with Gasteiger partial charge in [-0.3, -0.25) is 4.79 Å². The molecule has 0 saturated heterocycles. The molecule has 1 rings (SSSR count). The van der Waals surface area contributed by atoms with Crippen LogP contribution in [-0.4, -0.2) is 59.5 Å². The predicted octanol–water partition coefficient (Wildman–Crippen LogP) is 4.01. The van der Waals surface area contributed by atoms with Gasteiger partial charge in [0.15, 0.2) is 0 Å². The Morgan fingerprint density at radius 3 is 2.17 bits per heavy atom. The molecule has 0 aromatic rings. The highest BCUT2D eigenvalue weighted by Gasteiger charge is 2.33. The lowest BCUT2D eigenvalue weighted by Crippen LogP contribution is -2.47. The molecule has 0 radical (unpaired) electrons. The minimum absolute atomic E-state index is 0.0653. The Balaban J connectivity index is 2.67. The van der Waals surface area contributed by atoms with Crippen molar-refractivity contribution in [3.05, 3.63) is 0 Å². The van der Waals surface area contributed by atoms with Gasteiger partial charge in [0.2, 0.25) is 0 Å². The van der Waals surface area contributed by atoms with E-state index < -0.39 is 17.3 Å². The second-order valence-corrected chi connectivity index (χ2v) is 9.51. The summed E-state index contributed by atoms with van der Waals surface area (Å²) in [4.78, 5) is 37.6. The molecular formula is C21H38N2O6. The molecule has 2 unspecified atom stereocenters.